The van der Waals surface area contributed by atoms with E-state index in [4.69, 9.17) is 9.40 Å². The van der Waals surface area contributed by atoms with Crippen LogP contribution in [0.5, 0.6) is 0 Å². The summed E-state index contributed by atoms with van der Waals surface area (Å²) in [5.41, 5.74) is 4.39. The number of nitrogens with zero attached hydrogens (tertiary/aromatic N) is 4. The first kappa shape index (κ1) is 17.4. The molecule has 4 rings (SSSR count). The normalized spacial score (nSPS) is 11.2. The van der Waals surface area contributed by atoms with E-state index in [-0.39, 0.29) is 0 Å². The highest BCUT2D eigenvalue weighted by Crippen LogP contribution is 2.28. The molecule has 0 radical (unpaired) electrons. The molecule has 4 aromatic rings. The molecule has 0 fully saturated rings. The Hall–Kier alpha value is -2.03. The Labute approximate surface area is 163 Å². The van der Waals surface area contributed by atoms with Crippen molar-refractivity contribution in [2.75, 3.05) is 0 Å². The minimum atomic E-state index is 0.567. The van der Waals surface area contributed by atoms with E-state index in [0.29, 0.717) is 23.3 Å². The van der Waals surface area contributed by atoms with Gasteiger partial charge in [-0.2, -0.15) is 0 Å². The van der Waals surface area contributed by atoms with Gasteiger partial charge in [-0.25, -0.2) is 9.97 Å². The largest absolute Gasteiger partial charge is 0.416 e. The van der Waals surface area contributed by atoms with Crippen molar-refractivity contribution in [2.45, 2.75) is 31.2 Å². The summed E-state index contributed by atoms with van der Waals surface area (Å²) in [7, 11) is 0. The second-order valence-electron chi connectivity index (χ2n) is 5.80. The van der Waals surface area contributed by atoms with E-state index >= 15 is 0 Å². The summed E-state index contributed by atoms with van der Waals surface area (Å²) in [6.07, 6.45) is 0.576. The quantitative estimate of drug-likeness (QED) is 0.417. The maximum atomic E-state index is 5.70. The van der Waals surface area contributed by atoms with Crippen LogP contribution in [0.1, 0.15) is 27.8 Å². The summed E-state index contributed by atoms with van der Waals surface area (Å²) >= 11 is 4.79. The molecular weight excluding hydrogens is 384 g/mol. The second-order valence-corrected chi connectivity index (χ2v) is 8.64. The minimum Gasteiger partial charge on any atom is -0.416 e. The number of hydrogen-bond acceptors (Lipinski definition) is 8. The Morgan fingerprint density at radius 2 is 1.77 bits per heavy atom. The Morgan fingerprint density at radius 1 is 0.962 bits per heavy atom. The third kappa shape index (κ3) is 4.20. The lowest BCUT2D eigenvalue weighted by molar-refractivity contribution is 0.419. The van der Waals surface area contributed by atoms with Crippen molar-refractivity contribution in [2.24, 2.45) is 0 Å². The molecule has 132 valence electrons. The van der Waals surface area contributed by atoms with E-state index in [9.17, 15) is 0 Å². The van der Waals surface area contributed by atoms with Gasteiger partial charge in [0, 0.05) is 22.1 Å². The Bertz CT molecular complexity index is 1000. The Kier molecular flexibility index (Phi) is 5.14. The van der Waals surface area contributed by atoms with Crippen molar-refractivity contribution in [3.8, 4) is 10.6 Å². The molecule has 3 heterocycles. The van der Waals surface area contributed by atoms with Gasteiger partial charge in [0.25, 0.3) is 5.22 Å². The lowest BCUT2D eigenvalue weighted by Gasteiger charge is -1.97. The molecule has 0 saturated carbocycles. The molecule has 0 aliphatic heterocycles. The number of hydrogen-bond donors (Lipinski definition) is 0. The second kappa shape index (κ2) is 7.69. The van der Waals surface area contributed by atoms with E-state index in [1.807, 2.05) is 12.3 Å². The Morgan fingerprint density at radius 3 is 2.54 bits per heavy atom. The maximum absolute atomic E-state index is 5.70. The van der Waals surface area contributed by atoms with Crippen molar-refractivity contribution in [1.29, 1.82) is 0 Å². The molecule has 8 heteroatoms. The van der Waals surface area contributed by atoms with Crippen LogP contribution >= 0.6 is 34.4 Å². The van der Waals surface area contributed by atoms with Crippen molar-refractivity contribution < 1.29 is 4.42 Å². The van der Waals surface area contributed by atoms with Crippen molar-refractivity contribution >= 4 is 34.4 Å². The van der Waals surface area contributed by atoms with Gasteiger partial charge in [-0.15, -0.1) is 32.9 Å². The van der Waals surface area contributed by atoms with Gasteiger partial charge in [0.15, 0.2) is 0 Å². The van der Waals surface area contributed by atoms with Crippen LogP contribution in [0.3, 0.4) is 0 Å². The number of rotatable bonds is 6. The van der Waals surface area contributed by atoms with Gasteiger partial charge in [-0.3, -0.25) is 0 Å². The van der Waals surface area contributed by atoms with E-state index in [1.165, 1.54) is 17.3 Å². The van der Waals surface area contributed by atoms with Crippen LogP contribution in [0.4, 0.5) is 0 Å². The molecule has 0 aliphatic rings. The van der Waals surface area contributed by atoms with Crippen molar-refractivity contribution in [1.82, 2.24) is 20.2 Å². The lowest BCUT2D eigenvalue weighted by Crippen LogP contribution is -1.88. The number of aromatic nitrogens is 4. The zero-order valence-corrected chi connectivity index (χ0v) is 16.7. The summed E-state index contributed by atoms with van der Waals surface area (Å²) in [6.45, 7) is 4.07. The third-order valence-electron chi connectivity index (χ3n) is 3.64. The highest BCUT2D eigenvalue weighted by Gasteiger charge is 2.11. The molecule has 0 unspecified atom stereocenters. The smallest absolute Gasteiger partial charge is 0.276 e. The van der Waals surface area contributed by atoms with Crippen molar-refractivity contribution in [3.63, 3.8) is 0 Å². The van der Waals surface area contributed by atoms with Crippen LogP contribution in [-0.4, -0.2) is 20.2 Å². The molecule has 26 heavy (non-hydrogen) atoms. The van der Waals surface area contributed by atoms with Gasteiger partial charge in [0.2, 0.25) is 5.89 Å². The fraction of sp³-hybridized carbons (Fsp3) is 0.222. The van der Waals surface area contributed by atoms with Gasteiger partial charge in [-0.1, -0.05) is 41.6 Å². The first-order valence-corrected chi connectivity index (χ1v) is 10.8. The summed E-state index contributed by atoms with van der Waals surface area (Å²) in [6, 6.07) is 8.43. The van der Waals surface area contributed by atoms with Gasteiger partial charge in [-0.05, 0) is 13.8 Å². The first-order valence-electron chi connectivity index (χ1n) is 8.03. The standard InChI is InChI=1S/C18H16N4OS3/c1-11-3-5-13(6-4-11)17-20-15(9-25-17)10-26-18-22-21-16(23-18)7-14-8-24-12(2)19-14/h3-6,8-9H,7,10H2,1-2H3. The van der Waals surface area contributed by atoms with Crippen LogP contribution in [0.25, 0.3) is 10.6 Å². The van der Waals surface area contributed by atoms with E-state index in [0.717, 1.165) is 27.0 Å². The monoisotopic (exact) mass is 400 g/mol. The molecule has 0 amide bonds. The van der Waals surface area contributed by atoms with E-state index in [2.05, 4.69) is 51.8 Å². The molecule has 0 spiro atoms. The topological polar surface area (TPSA) is 64.7 Å². The maximum Gasteiger partial charge on any atom is 0.276 e. The number of benzene rings is 1. The molecule has 0 atom stereocenters. The summed E-state index contributed by atoms with van der Waals surface area (Å²) in [5, 5.41) is 15.0. The SMILES string of the molecule is Cc1ccc(-c2nc(CSc3nnc(Cc4csc(C)n4)o3)cs2)cc1. The Balaban J connectivity index is 1.36. The van der Waals surface area contributed by atoms with Gasteiger partial charge >= 0.3 is 0 Å². The molecule has 3 aromatic heterocycles. The number of thiazole rings is 2. The zero-order valence-electron chi connectivity index (χ0n) is 14.3. The van der Waals surface area contributed by atoms with Gasteiger partial charge in [0.05, 0.1) is 22.8 Å². The molecule has 0 saturated heterocycles. The average Bonchev–Trinajstić information content (AvgIpc) is 3.36. The predicted molar refractivity (Wildman–Crippen MR) is 106 cm³/mol. The minimum absolute atomic E-state index is 0.567. The molecular formula is C18H16N4OS3. The average molecular weight is 401 g/mol. The van der Waals surface area contributed by atoms with Gasteiger partial charge in [0.1, 0.15) is 5.01 Å². The summed E-state index contributed by atoms with van der Waals surface area (Å²) < 4.78 is 5.70. The fourth-order valence-electron chi connectivity index (χ4n) is 2.35. The van der Waals surface area contributed by atoms with Gasteiger partial charge < -0.3 is 4.42 Å². The first-order chi connectivity index (χ1) is 12.7. The fourth-order valence-corrected chi connectivity index (χ4v) is 4.57. The van der Waals surface area contributed by atoms with E-state index < -0.39 is 0 Å². The molecule has 1 aromatic carbocycles. The highest BCUT2D eigenvalue weighted by molar-refractivity contribution is 7.98. The van der Waals surface area contributed by atoms with Crippen LogP contribution in [0, 0.1) is 13.8 Å². The summed E-state index contributed by atoms with van der Waals surface area (Å²) in [4.78, 5) is 9.12. The summed E-state index contributed by atoms with van der Waals surface area (Å²) in [5.74, 6) is 1.30. The predicted octanol–water partition coefficient (Wildman–Crippen LogP) is 5.15. The molecule has 0 aliphatic carbocycles. The van der Waals surface area contributed by atoms with Crippen LogP contribution in [0.2, 0.25) is 0 Å². The van der Waals surface area contributed by atoms with E-state index in [1.54, 1.807) is 22.7 Å². The molecule has 0 bridgehead atoms. The number of aryl methyl sites for hydroxylation is 2. The van der Waals surface area contributed by atoms with Crippen LogP contribution in [0.15, 0.2) is 44.7 Å². The molecule has 5 nitrogen and oxygen atoms in total. The van der Waals surface area contributed by atoms with Crippen molar-refractivity contribution in [3.05, 3.63) is 62.9 Å². The number of thioether (sulfide) groups is 1. The molecule has 0 N–H and O–H groups in total. The lowest BCUT2D eigenvalue weighted by atomic mass is 10.2. The van der Waals surface area contributed by atoms with Crippen LogP contribution < -0.4 is 0 Å². The zero-order chi connectivity index (χ0) is 17.9. The third-order valence-corrected chi connectivity index (χ3v) is 6.26. The van der Waals surface area contributed by atoms with Crippen LogP contribution in [-0.2, 0) is 12.2 Å². The highest BCUT2D eigenvalue weighted by atomic mass is 32.2.